The Labute approximate surface area is 186 Å². The van der Waals surface area contributed by atoms with Gasteiger partial charge in [0, 0.05) is 17.7 Å². The molecule has 1 aromatic heterocycles. The van der Waals surface area contributed by atoms with Gasteiger partial charge < -0.3 is 19.3 Å². The van der Waals surface area contributed by atoms with Gasteiger partial charge >= 0.3 is 0 Å². The third-order valence-corrected chi connectivity index (χ3v) is 4.99. The quantitative estimate of drug-likeness (QED) is 0.425. The summed E-state index contributed by atoms with van der Waals surface area (Å²) in [5, 5.41) is 6.98. The number of benzene rings is 3. The summed E-state index contributed by atoms with van der Waals surface area (Å²) in [5.41, 5.74) is 3.31. The van der Waals surface area contributed by atoms with Crippen LogP contribution in [0.25, 0.3) is 22.8 Å². The van der Waals surface area contributed by atoms with E-state index in [4.69, 9.17) is 14.0 Å². The van der Waals surface area contributed by atoms with E-state index in [0.29, 0.717) is 36.0 Å². The number of methoxy groups -OCH3 is 2. The van der Waals surface area contributed by atoms with Crippen molar-refractivity contribution in [3.63, 3.8) is 0 Å². The van der Waals surface area contributed by atoms with E-state index in [1.165, 1.54) is 0 Å². The van der Waals surface area contributed by atoms with E-state index in [0.717, 1.165) is 22.4 Å². The van der Waals surface area contributed by atoms with Gasteiger partial charge in [0.15, 0.2) is 0 Å². The van der Waals surface area contributed by atoms with E-state index in [2.05, 4.69) is 15.5 Å². The molecule has 0 radical (unpaired) electrons. The van der Waals surface area contributed by atoms with Crippen molar-refractivity contribution in [3.05, 3.63) is 78.4 Å². The van der Waals surface area contributed by atoms with Crippen LogP contribution in [-0.2, 0) is 11.2 Å². The lowest BCUT2D eigenvalue weighted by Gasteiger charge is -2.06. The van der Waals surface area contributed by atoms with Crippen molar-refractivity contribution in [2.75, 3.05) is 19.5 Å². The zero-order valence-corrected chi connectivity index (χ0v) is 17.9. The number of nitrogens with zero attached hydrogens (tertiary/aromatic N) is 2. The predicted molar refractivity (Wildman–Crippen MR) is 122 cm³/mol. The Hall–Kier alpha value is -4.13. The molecule has 0 spiro atoms. The van der Waals surface area contributed by atoms with Crippen LogP contribution < -0.4 is 14.8 Å². The van der Waals surface area contributed by atoms with Crippen molar-refractivity contribution >= 4 is 11.6 Å². The van der Waals surface area contributed by atoms with Gasteiger partial charge in [-0.05, 0) is 60.5 Å². The van der Waals surface area contributed by atoms with Gasteiger partial charge in [-0.1, -0.05) is 29.4 Å². The van der Waals surface area contributed by atoms with Crippen LogP contribution >= 0.6 is 0 Å². The Morgan fingerprint density at radius 1 is 0.938 bits per heavy atom. The molecule has 0 atom stereocenters. The molecule has 162 valence electrons. The first-order valence-corrected chi connectivity index (χ1v) is 10.2. The second-order valence-corrected chi connectivity index (χ2v) is 7.10. The minimum atomic E-state index is -0.0495. The first-order chi connectivity index (χ1) is 15.7. The molecule has 32 heavy (non-hydrogen) atoms. The van der Waals surface area contributed by atoms with Crippen LogP contribution in [-0.4, -0.2) is 30.3 Å². The number of carbonyl (C=O) groups excluding carboxylic acids is 1. The van der Waals surface area contributed by atoms with Gasteiger partial charge in [-0.2, -0.15) is 4.98 Å². The van der Waals surface area contributed by atoms with Crippen LogP contribution in [0.3, 0.4) is 0 Å². The standard InChI is InChI=1S/C25H23N3O4/c1-30-20-14-7-17(8-15-20)9-16-23(29)26-19-12-10-18(11-13-19)24-27-25(32-28-24)21-5-3-4-6-22(21)31-2/h3-8,10-15H,9,16H2,1-2H3,(H,26,29). The maximum Gasteiger partial charge on any atom is 0.262 e. The molecule has 0 fully saturated rings. The highest BCUT2D eigenvalue weighted by Gasteiger charge is 2.14. The molecule has 4 rings (SSSR count). The SMILES string of the molecule is COc1ccc(CCC(=O)Nc2ccc(-c3noc(-c4ccccc4OC)n3)cc2)cc1. The predicted octanol–water partition coefficient (Wildman–Crippen LogP) is 4.99. The number of ether oxygens (including phenoxy) is 2. The fraction of sp³-hybridized carbons (Fsp3) is 0.160. The monoisotopic (exact) mass is 429 g/mol. The first kappa shape index (κ1) is 21.1. The zero-order chi connectivity index (χ0) is 22.3. The molecule has 0 bridgehead atoms. The van der Waals surface area contributed by atoms with Crippen molar-refractivity contribution in [2.24, 2.45) is 0 Å². The largest absolute Gasteiger partial charge is 0.497 e. The molecule has 3 aromatic carbocycles. The Kier molecular flexibility index (Phi) is 6.46. The fourth-order valence-electron chi connectivity index (χ4n) is 3.25. The van der Waals surface area contributed by atoms with E-state index < -0.39 is 0 Å². The summed E-state index contributed by atoms with van der Waals surface area (Å²) < 4.78 is 15.9. The van der Waals surface area contributed by atoms with Crippen LogP contribution in [0.4, 0.5) is 5.69 Å². The molecule has 0 unspecified atom stereocenters. The summed E-state index contributed by atoms with van der Waals surface area (Å²) in [6.45, 7) is 0. The van der Waals surface area contributed by atoms with E-state index in [-0.39, 0.29) is 5.91 Å². The average Bonchev–Trinajstić information content (AvgIpc) is 3.33. The van der Waals surface area contributed by atoms with E-state index in [9.17, 15) is 4.79 Å². The second-order valence-electron chi connectivity index (χ2n) is 7.10. The molecule has 0 saturated heterocycles. The van der Waals surface area contributed by atoms with Crippen LogP contribution in [0.15, 0.2) is 77.3 Å². The molecule has 0 saturated carbocycles. The number of nitrogens with one attached hydrogen (secondary N) is 1. The minimum Gasteiger partial charge on any atom is -0.497 e. The average molecular weight is 429 g/mol. The van der Waals surface area contributed by atoms with Gasteiger partial charge in [-0.15, -0.1) is 0 Å². The van der Waals surface area contributed by atoms with E-state index in [1.54, 1.807) is 14.2 Å². The van der Waals surface area contributed by atoms with E-state index in [1.807, 2.05) is 72.8 Å². The smallest absolute Gasteiger partial charge is 0.262 e. The molecule has 0 aliphatic carbocycles. The lowest BCUT2D eigenvalue weighted by atomic mass is 10.1. The van der Waals surface area contributed by atoms with Crippen molar-refractivity contribution < 1.29 is 18.8 Å². The Balaban J connectivity index is 1.37. The van der Waals surface area contributed by atoms with Crippen LogP contribution in [0.2, 0.25) is 0 Å². The van der Waals surface area contributed by atoms with Gasteiger partial charge in [0.1, 0.15) is 11.5 Å². The number of aryl methyl sites for hydroxylation is 1. The maximum atomic E-state index is 12.3. The van der Waals surface area contributed by atoms with Crippen LogP contribution in [0, 0.1) is 0 Å². The third-order valence-electron chi connectivity index (χ3n) is 4.99. The van der Waals surface area contributed by atoms with Crippen molar-refractivity contribution in [3.8, 4) is 34.3 Å². The number of hydrogen-bond acceptors (Lipinski definition) is 6. The van der Waals surface area contributed by atoms with Gasteiger partial charge in [0.2, 0.25) is 11.7 Å². The van der Waals surface area contributed by atoms with Crippen LogP contribution in [0.5, 0.6) is 11.5 Å². The summed E-state index contributed by atoms with van der Waals surface area (Å²) in [5.74, 6) is 2.26. The lowest BCUT2D eigenvalue weighted by Crippen LogP contribution is -2.12. The topological polar surface area (TPSA) is 86.5 Å². The number of rotatable bonds is 8. The first-order valence-electron chi connectivity index (χ1n) is 10.2. The van der Waals surface area contributed by atoms with Gasteiger partial charge in [-0.25, -0.2) is 0 Å². The highest BCUT2D eigenvalue weighted by atomic mass is 16.5. The molecule has 7 heteroatoms. The molecule has 1 amide bonds. The number of hydrogen-bond donors (Lipinski definition) is 1. The van der Waals surface area contributed by atoms with Crippen molar-refractivity contribution in [1.29, 1.82) is 0 Å². The molecule has 1 N–H and O–H groups in total. The molecule has 4 aromatic rings. The van der Waals surface area contributed by atoms with Crippen LogP contribution in [0.1, 0.15) is 12.0 Å². The number of anilines is 1. The Morgan fingerprint density at radius 2 is 1.69 bits per heavy atom. The maximum absolute atomic E-state index is 12.3. The molecule has 7 nitrogen and oxygen atoms in total. The summed E-state index contributed by atoms with van der Waals surface area (Å²) in [6, 6.07) is 22.5. The molecule has 0 aliphatic heterocycles. The molecular weight excluding hydrogens is 406 g/mol. The number of carbonyl (C=O) groups is 1. The van der Waals surface area contributed by atoms with E-state index >= 15 is 0 Å². The molecular formula is C25H23N3O4. The summed E-state index contributed by atoms with van der Waals surface area (Å²) in [7, 11) is 3.23. The summed E-state index contributed by atoms with van der Waals surface area (Å²) in [6.07, 6.45) is 1.05. The zero-order valence-electron chi connectivity index (χ0n) is 17.9. The normalized spacial score (nSPS) is 10.6. The lowest BCUT2D eigenvalue weighted by molar-refractivity contribution is -0.116. The Morgan fingerprint density at radius 3 is 2.41 bits per heavy atom. The highest BCUT2D eigenvalue weighted by Crippen LogP contribution is 2.30. The van der Waals surface area contributed by atoms with Crippen molar-refractivity contribution in [2.45, 2.75) is 12.8 Å². The molecule has 1 heterocycles. The van der Waals surface area contributed by atoms with Gasteiger partial charge in [0.05, 0.1) is 19.8 Å². The second kappa shape index (κ2) is 9.78. The number of aromatic nitrogens is 2. The van der Waals surface area contributed by atoms with Gasteiger partial charge in [-0.3, -0.25) is 4.79 Å². The summed E-state index contributed by atoms with van der Waals surface area (Å²) >= 11 is 0. The summed E-state index contributed by atoms with van der Waals surface area (Å²) in [4.78, 5) is 16.8. The fourth-order valence-corrected chi connectivity index (χ4v) is 3.25. The molecule has 0 aliphatic rings. The number of para-hydroxylation sites is 1. The number of amides is 1. The van der Waals surface area contributed by atoms with Crippen molar-refractivity contribution in [1.82, 2.24) is 10.1 Å². The van der Waals surface area contributed by atoms with Gasteiger partial charge in [0.25, 0.3) is 5.89 Å². The Bertz CT molecular complexity index is 1180. The third kappa shape index (κ3) is 4.95. The minimum absolute atomic E-state index is 0.0495. The highest BCUT2D eigenvalue weighted by molar-refractivity contribution is 5.91.